The van der Waals surface area contributed by atoms with Gasteiger partial charge in [-0.15, -0.1) is 0 Å². The average Bonchev–Trinajstić information content (AvgIpc) is 2.98. The summed E-state index contributed by atoms with van der Waals surface area (Å²) < 4.78 is 26.8. The van der Waals surface area contributed by atoms with Crippen LogP contribution < -0.4 is 19.8 Å². The fraction of sp³-hybridized carbons (Fsp3) is 0.212. The highest BCUT2D eigenvalue weighted by molar-refractivity contribution is 7.55. The number of nitro benzene ring substituents is 1. The van der Waals surface area contributed by atoms with Gasteiger partial charge in [0.2, 0.25) is 0 Å². The highest BCUT2D eigenvalue weighted by atomic mass is 31.2. The van der Waals surface area contributed by atoms with Crippen LogP contribution in [0.5, 0.6) is 11.5 Å². The molecule has 0 bridgehead atoms. The van der Waals surface area contributed by atoms with Crippen LogP contribution >= 0.6 is 7.60 Å². The molecule has 4 rings (SSSR count). The fourth-order valence-electron chi connectivity index (χ4n) is 4.54. The van der Waals surface area contributed by atoms with E-state index in [1.807, 2.05) is 19.9 Å². The standard InChI is InChI=1S/C33H35N4O7P/c1-23-19-24(2)21-26(20-23)31(38)36(33(3,4)5)35-32(39)34-30(25-13-12-14-27(22-25)37(40)41)45(42,43-28-15-8-6-9-16-28)44-29-17-10-7-11-18-29/h6-22,30H,1-5H3,(H2,34,35,39)/t30-/m1/s1. The maximum Gasteiger partial charge on any atom is 0.457 e. The summed E-state index contributed by atoms with van der Waals surface area (Å²) in [5.41, 5.74) is 3.60. The molecule has 234 valence electrons. The molecule has 4 aromatic carbocycles. The van der Waals surface area contributed by atoms with Crippen LogP contribution in [0.1, 0.15) is 53.6 Å². The van der Waals surface area contributed by atoms with E-state index in [1.54, 1.807) is 93.6 Å². The number of nitrogens with one attached hydrogen (secondary N) is 2. The van der Waals surface area contributed by atoms with E-state index in [1.165, 1.54) is 29.3 Å². The van der Waals surface area contributed by atoms with Gasteiger partial charge in [-0.2, -0.15) is 0 Å². The third-order valence-corrected chi connectivity index (χ3v) is 8.48. The van der Waals surface area contributed by atoms with Crippen molar-refractivity contribution >= 4 is 25.2 Å². The zero-order valence-electron chi connectivity index (χ0n) is 25.6. The summed E-state index contributed by atoms with van der Waals surface area (Å²) in [5, 5.41) is 15.5. The van der Waals surface area contributed by atoms with Gasteiger partial charge in [0, 0.05) is 17.7 Å². The second-order valence-corrected chi connectivity index (χ2v) is 13.3. The minimum Gasteiger partial charge on any atom is -0.414 e. The molecule has 0 heterocycles. The first-order chi connectivity index (χ1) is 21.2. The molecule has 3 amide bonds. The van der Waals surface area contributed by atoms with E-state index in [2.05, 4.69) is 10.7 Å². The summed E-state index contributed by atoms with van der Waals surface area (Å²) in [4.78, 5) is 38.5. The first-order valence-electron chi connectivity index (χ1n) is 14.1. The Kier molecular flexibility index (Phi) is 9.94. The SMILES string of the molecule is Cc1cc(C)cc(C(=O)N(NC(=O)N[C@@H](c2cccc([N+](=O)[O-])c2)P(=O)(Oc2ccccc2)Oc2ccccc2)C(C)(C)C)c1. The molecule has 0 radical (unpaired) electrons. The summed E-state index contributed by atoms with van der Waals surface area (Å²) in [6.07, 6.45) is 0. The molecule has 4 aromatic rings. The lowest BCUT2D eigenvalue weighted by Crippen LogP contribution is -2.58. The topological polar surface area (TPSA) is 140 Å². The highest BCUT2D eigenvalue weighted by Crippen LogP contribution is 2.59. The van der Waals surface area contributed by atoms with Crippen LogP contribution in [0.2, 0.25) is 0 Å². The second-order valence-electron chi connectivity index (χ2n) is 11.4. The Morgan fingerprint density at radius 2 is 1.36 bits per heavy atom. The number of para-hydroxylation sites is 2. The number of rotatable bonds is 9. The van der Waals surface area contributed by atoms with Gasteiger partial charge in [-0.1, -0.05) is 65.7 Å². The number of nitrogens with zero attached hydrogens (tertiary/aromatic N) is 2. The summed E-state index contributed by atoms with van der Waals surface area (Å²) >= 11 is 0. The van der Waals surface area contributed by atoms with Gasteiger partial charge in [-0.3, -0.25) is 14.9 Å². The number of urea groups is 1. The van der Waals surface area contributed by atoms with Crippen LogP contribution in [-0.2, 0) is 4.57 Å². The quantitative estimate of drug-likeness (QED) is 0.110. The van der Waals surface area contributed by atoms with Crippen molar-refractivity contribution in [2.45, 2.75) is 45.9 Å². The van der Waals surface area contributed by atoms with Crippen LogP contribution in [0.25, 0.3) is 0 Å². The van der Waals surface area contributed by atoms with Gasteiger partial charge < -0.3 is 14.4 Å². The molecule has 0 fully saturated rings. The Morgan fingerprint density at radius 1 is 0.822 bits per heavy atom. The van der Waals surface area contributed by atoms with E-state index in [4.69, 9.17) is 9.05 Å². The minimum atomic E-state index is -4.48. The second kappa shape index (κ2) is 13.7. The smallest absolute Gasteiger partial charge is 0.414 e. The van der Waals surface area contributed by atoms with Crippen LogP contribution in [0.15, 0.2) is 103 Å². The molecule has 45 heavy (non-hydrogen) atoms. The Labute approximate surface area is 261 Å². The number of non-ortho nitro benzene ring substituents is 1. The number of hydrogen-bond acceptors (Lipinski definition) is 7. The maximum absolute atomic E-state index is 14.8. The van der Waals surface area contributed by atoms with E-state index in [0.717, 1.165) is 11.1 Å². The normalized spacial score (nSPS) is 12.0. The highest BCUT2D eigenvalue weighted by Gasteiger charge is 2.43. The van der Waals surface area contributed by atoms with Crippen molar-refractivity contribution in [1.82, 2.24) is 15.8 Å². The summed E-state index contributed by atoms with van der Waals surface area (Å²) in [6.45, 7) is 8.97. The number of hydrazine groups is 1. The molecule has 0 aliphatic carbocycles. The average molecular weight is 631 g/mol. The van der Waals surface area contributed by atoms with Gasteiger partial charge in [0.1, 0.15) is 11.5 Å². The molecule has 12 heteroatoms. The molecule has 2 N–H and O–H groups in total. The zero-order valence-corrected chi connectivity index (χ0v) is 26.5. The minimum absolute atomic E-state index is 0.0810. The zero-order chi connectivity index (χ0) is 32.8. The van der Waals surface area contributed by atoms with Gasteiger partial charge in [0.15, 0.2) is 5.78 Å². The number of carbonyl (C=O) groups excluding carboxylic acids is 2. The first kappa shape index (κ1) is 32.8. The van der Waals surface area contributed by atoms with Gasteiger partial charge in [-0.05, 0) is 76.6 Å². The predicted octanol–water partition coefficient (Wildman–Crippen LogP) is 7.72. The lowest BCUT2D eigenvalue weighted by atomic mass is 10.0. The molecule has 11 nitrogen and oxygen atoms in total. The lowest BCUT2D eigenvalue weighted by Gasteiger charge is -2.36. The third kappa shape index (κ3) is 8.49. The monoisotopic (exact) mass is 630 g/mol. The molecule has 0 spiro atoms. The number of aryl methyl sites for hydroxylation is 2. The number of nitro groups is 1. The summed E-state index contributed by atoms with van der Waals surface area (Å²) in [7, 11) is -4.48. The Balaban J connectivity index is 1.77. The van der Waals surface area contributed by atoms with Crippen molar-refractivity contribution in [3.05, 3.63) is 135 Å². The van der Waals surface area contributed by atoms with Crippen LogP contribution in [-0.4, -0.2) is 27.4 Å². The van der Waals surface area contributed by atoms with Crippen LogP contribution in [0.4, 0.5) is 10.5 Å². The number of hydrogen-bond donors (Lipinski definition) is 2. The predicted molar refractivity (Wildman–Crippen MR) is 171 cm³/mol. The largest absolute Gasteiger partial charge is 0.457 e. The van der Waals surface area contributed by atoms with Gasteiger partial charge in [0.05, 0.1) is 10.5 Å². The lowest BCUT2D eigenvalue weighted by molar-refractivity contribution is -0.384. The van der Waals surface area contributed by atoms with Crippen molar-refractivity contribution in [2.24, 2.45) is 0 Å². The van der Waals surface area contributed by atoms with Gasteiger partial charge in [0.25, 0.3) is 11.6 Å². The molecule has 0 aliphatic heterocycles. The summed E-state index contributed by atoms with van der Waals surface area (Å²) in [6, 6.07) is 26.2. The Morgan fingerprint density at radius 3 is 1.84 bits per heavy atom. The fourth-order valence-corrected chi connectivity index (χ4v) is 6.42. The van der Waals surface area contributed by atoms with Crippen molar-refractivity contribution in [2.75, 3.05) is 0 Å². The van der Waals surface area contributed by atoms with E-state index in [-0.39, 0.29) is 22.7 Å². The van der Waals surface area contributed by atoms with Crippen molar-refractivity contribution in [3.8, 4) is 11.5 Å². The Hall–Kier alpha value is -5.15. The summed E-state index contributed by atoms with van der Waals surface area (Å²) in [5.74, 6) is -1.68. The van der Waals surface area contributed by atoms with Crippen molar-refractivity contribution in [3.63, 3.8) is 0 Å². The molecule has 0 saturated heterocycles. The Bertz CT molecular complexity index is 1660. The van der Waals surface area contributed by atoms with Gasteiger partial charge >= 0.3 is 13.6 Å². The third-order valence-electron chi connectivity index (χ3n) is 6.49. The van der Waals surface area contributed by atoms with E-state index >= 15 is 0 Å². The molecule has 0 aromatic heterocycles. The number of amides is 3. The molecular formula is C33H35N4O7P. The van der Waals surface area contributed by atoms with Crippen molar-refractivity contribution in [1.29, 1.82) is 0 Å². The number of benzene rings is 4. The van der Waals surface area contributed by atoms with Crippen LogP contribution in [0.3, 0.4) is 0 Å². The maximum atomic E-state index is 14.8. The molecule has 0 aliphatic rings. The van der Waals surface area contributed by atoms with E-state index in [9.17, 15) is 24.3 Å². The van der Waals surface area contributed by atoms with Crippen molar-refractivity contribution < 1.29 is 28.1 Å². The first-order valence-corrected chi connectivity index (χ1v) is 15.7. The molecule has 0 unspecified atom stereocenters. The van der Waals surface area contributed by atoms with Gasteiger partial charge in [-0.25, -0.2) is 19.8 Å². The van der Waals surface area contributed by atoms with E-state index < -0.39 is 35.8 Å². The molecular weight excluding hydrogens is 595 g/mol. The molecule has 1 atom stereocenters. The number of carbonyl (C=O) groups is 2. The van der Waals surface area contributed by atoms with Crippen LogP contribution in [0, 0.1) is 24.0 Å². The molecule has 0 saturated carbocycles. The van der Waals surface area contributed by atoms with E-state index in [0.29, 0.717) is 5.56 Å².